The van der Waals surface area contributed by atoms with Crippen LogP contribution in [0.1, 0.15) is 81.8 Å². The van der Waals surface area contributed by atoms with E-state index in [9.17, 15) is 14.7 Å². The molecule has 1 aromatic rings. The maximum absolute atomic E-state index is 12.4. The smallest absolute Gasteiger partial charge is 0.311 e. The van der Waals surface area contributed by atoms with Gasteiger partial charge in [0.05, 0.1) is 39.0 Å². The fraction of sp³-hybridized carbons (Fsp3) is 0.750. The molecule has 4 N–H and O–H groups in total. The monoisotopic (exact) mass is 574 g/mol. The summed E-state index contributed by atoms with van der Waals surface area (Å²) in [5, 5.41) is 13.4. The van der Waals surface area contributed by atoms with Crippen LogP contribution in [0.4, 0.5) is 0 Å². The first-order valence-corrected chi connectivity index (χ1v) is 15.6. The Morgan fingerprint density at radius 3 is 2.46 bits per heavy atom. The lowest BCUT2D eigenvalue weighted by molar-refractivity contribution is -0.136. The molecule has 0 bridgehead atoms. The van der Waals surface area contributed by atoms with Crippen LogP contribution in [-0.2, 0) is 30.2 Å². The van der Waals surface area contributed by atoms with Crippen LogP contribution in [0.25, 0.3) is 0 Å². The summed E-state index contributed by atoms with van der Waals surface area (Å²) < 4.78 is 21.9. The number of nitrogens with two attached hydrogens (primary N) is 1. The molecule has 0 aliphatic heterocycles. The average Bonchev–Trinajstić information content (AvgIpc) is 3.28. The highest BCUT2D eigenvalue weighted by atomic mass is 16.5. The number of aliphatic hydroxyl groups is 1. The number of fused-ring (bicyclic) bond motifs is 5. The van der Waals surface area contributed by atoms with Crippen molar-refractivity contribution in [3.8, 4) is 5.75 Å². The zero-order chi connectivity index (χ0) is 29.1. The number of amides is 1. The Morgan fingerprint density at radius 1 is 0.976 bits per heavy atom. The molecule has 4 rings (SSSR count). The summed E-state index contributed by atoms with van der Waals surface area (Å²) in [4.78, 5) is 24.6. The van der Waals surface area contributed by atoms with E-state index in [-0.39, 0.29) is 30.3 Å². The van der Waals surface area contributed by atoms with Crippen LogP contribution < -0.4 is 15.8 Å². The number of carbonyl (C=O) groups is 2. The van der Waals surface area contributed by atoms with Crippen molar-refractivity contribution in [3.05, 3.63) is 29.3 Å². The van der Waals surface area contributed by atoms with Crippen LogP contribution in [0.5, 0.6) is 5.75 Å². The van der Waals surface area contributed by atoms with Crippen molar-refractivity contribution in [3.63, 3.8) is 0 Å². The molecular weight excluding hydrogens is 524 g/mol. The number of benzene rings is 1. The zero-order valence-corrected chi connectivity index (χ0v) is 24.7. The van der Waals surface area contributed by atoms with Crippen molar-refractivity contribution in [2.24, 2.45) is 23.0 Å². The topological polar surface area (TPSA) is 129 Å². The summed E-state index contributed by atoms with van der Waals surface area (Å²) in [6.07, 6.45) is 7.89. The summed E-state index contributed by atoms with van der Waals surface area (Å²) in [7, 11) is 0. The van der Waals surface area contributed by atoms with E-state index < -0.39 is 5.97 Å². The fourth-order valence-electron chi connectivity index (χ4n) is 7.21. The predicted octanol–water partition coefficient (Wildman–Crippen LogP) is 3.49. The minimum Gasteiger partial charge on any atom is -0.427 e. The van der Waals surface area contributed by atoms with Gasteiger partial charge in [0.25, 0.3) is 0 Å². The molecule has 2 saturated carbocycles. The SMILES string of the molecule is C[C@]12CC[C@@H]3c4ccc(OC(=O)CCC(=O)NCCCOCCOCCOCCCN)cc4CC[C@H]3[C@@H]1CC[C@@H]2O. The molecule has 41 heavy (non-hydrogen) atoms. The quantitative estimate of drug-likeness (QED) is 0.147. The van der Waals surface area contributed by atoms with Gasteiger partial charge in [0, 0.05) is 26.2 Å². The van der Waals surface area contributed by atoms with Gasteiger partial charge in [0.1, 0.15) is 5.75 Å². The number of esters is 1. The van der Waals surface area contributed by atoms with E-state index in [1.807, 2.05) is 12.1 Å². The van der Waals surface area contributed by atoms with Gasteiger partial charge in [-0.25, -0.2) is 0 Å². The van der Waals surface area contributed by atoms with Gasteiger partial charge in [-0.05, 0) is 104 Å². The predicted molar refractivity (Wildman–Crippen MR) is 156 cm³/mol. The number of carbonyl (C=O) groups excluding carboxylic acids is 2. The Kier molecular flexibility index (Phi) is 12.4. The second-order valence-electron chi connectivity index (χ2n) is 12.1. The van der Waals surface area contributed by atoms with Crippen LogP contribution in [0.3, 0.4) is 0 Å². The fourth-order valence-corrected chi connectivity index (χ4v) is 7.21. The first kappa shape index (κ1) is 31.9. The lowest BCUT2D eigenvalue weighted by atomic mass is 9.55. The molecule has 0 unspecified atom stereocenters. The van der Waals surface area contributed by atoms with Gasteiger partial charge in [-0.3, -0.25) is 9.59 Å². The number of ether oxygens (including phenoxy) is 4. The number of nitrogens with one attached hydrogen (secondary N) is 1. The molecular formula is C32H50N2O7. The van der Waals surface area contributed by atoms with Crippen molar-refractivity contribution < 1.29 is 33.6 Å². The van der Waals surface area contributed by atoms with Crippen LogP contribution in [0, 0.1) is 17.3 Å². The molecule has 9 nitrogen and oxygen atoms in total. The van der Waals surface area contributed by atoms with Crippen molar-refractivity contribution >= 4 is 11.9 Å². The van der Waals surface area contributed by atoms with E-state index in [2.05, 4.69) is 18.3 Å². The summed E-state index contributed by atoms with van der Waals surface area (Å²) in [6.45, 7) is 6.70. The molecule has 0 saturated heterocycles. The van der Waals surface area contributed by atoms with Gasteiger partial charge in [-0.1, -0.05) is 13.0 Å². The molecule has 0 radical (unpaired) electrons. The molecule has 1 aromatic carbocycles. The van der Waals surface area contributed by atoms with E-state index in [1.54, 1.807) is 0 Å². The van der Waals surface area contributed by atoms with Gasteiger partial charge < -0.3 is 35.1 Å². The summed E-state index contributed by atoms with van der Waals surface area (Å²) in [5.74, 6) is 1.76. The Morgan fingerprint density at radius 2 is 1.71 bits per heavy atom. The number of hydrogen-bond acceptors (Lipinski definition) is 8. The minimum absolute atomic E-state index is 0.0416. The van der Waals surface area contributed by atoms with Crippen LogP contribution in [0.15, 0.2) is 18.2 Å². The summed E-state index contributed by atoms with van der Waals surface area (Å²) in [6, 6.07) is 6.06. The normalized spacial score (nSPS) is 26.6. The Bertz CT molecular complexity index is 989. The second-order valence-corrected chi connectivity index (χ2v) is 12.1. The van der Waals surface area contributed by atoms with Crippen LogP contribution in [-0.4, -0.2) is 75.8 Å². The highest BCUT2D eigenvalue weighted by Gasteiger charge is 2.54. The lowest BCUT2D eigenvalue weighted by Gasteiger charge is -2.50. The van der Waals surface area contributed by atoms with Gasteiger partial charge in [0.15, 0.2) is 0 Å². The van der Waals surface area contributed by atoms with Gasteiger partial charge >= 0.3 is 5.97 Å². The number of hydrogen-bond donors (Lipinski definition) is 3. The lowest BCUT2D eigenvalue weighted by Crippen LogP contribution is -2.43. The van der Waals surface area contributed by atoms with E-state index >= 15 is 0 Å². The van der Waals surface area contributed by atoms with Crippen LogP contribution >= 0.6 is 0 Å². The minimum atomic E-state index is -0.393. The largest absolute Gasteiger partial charge is 0.427 e. The van der Waals surface area contributed by atoms with Crippen LogP contribution in [0.2, 0.25) is 0 Å². The standard InChI is InChI=1S/C32H50N2O7/c1-32-13-12-26-25-7-5-24(22-23(25)4-6-27(26)28(32)8-9-29(32)35)41-31(37)11-10-30(36)34-15-3-17-39-19-21-40-20-18-38-16-2-14-33/h5,7,22,26-29,35H,2-4,6,8-21,33H2,1H3,(H,34,36)/t26-,27-,28+,29+,32+/m1/s1. The molecule has 3 aliphatic rings. The highest BCUT2D eigenvalue weighted by molar-refractivity contribution is 5.82. The van der Waals surface area contributed by atoms with Crippen molar-refractivity contribution in [2.45, 2.75) is 83.2 Å². The molecule has 9 heteroatoms. The highest BCUT2D eigenvalue weighted by Crippen LogP contribution is 2.60. The number of aliphatic hydroxyl groups excluding tert-OH is 1. The maximum atomic E-state index is 12.4. The van der Waals surface area contributed by atoms with Crippen molar-refractivity contribution in [1.82, 2.24) is 5.32 Å². The Labute approximate surface area is 244 Å². The van der Waals surface area contributed by atoms with E-state index in [4.69, 9.17) is 24.7 Å². The third-order valence-electron chi connectivity index (χ3n) is 9.46. The molecule has 1 amide bonds. The van der Waals surface area contributed by atoms with Crippen molar-refractivity contribution in [2.75, 3.05) is 52.7 Å². The van der Waals surface area contributed by atoms with E-state index in [0.717, 1.165) is 44.9 Å². The molecule has 0 aromatic heterocycles. The third kappa shape index (κ3) is 8.74. The molecule has 230 valence electrons. The number of rotatable bonds is 17. The van der Waals surface area contributed by atoms with Gasteiger partial charge in [-0.2, -0.15) is 0 Å². The Balaban J connectivity index is 1.07. The molecule has 5 atom stereocenters. The molecule has 0 spiro atoms. The molecule has 3 aliphatic carbocycles. The second kappa shape index (κ2) is 16.0. The molecule has 0 heterocycles. The van der Waals surface area contributed by atoms with Gasteiger partial charge in [-0.15, -0.1) is 0 Å². The summed E-state index contributed by atoms with van der Waals surface area (Å²) in [5.41, 5.74) is 8.14. The van der Waals surface area contributed by atoms with E-state index in [0.29, 0.717) is 82.7 Å². The van der Waals surface area contributed by atoms with E-state index in [1.165, 1.54) is 11.1 Å². The first-order valence-electron chi connectivity index (χ1n) is 15.6. The van der Waals surface area contributed by atoms with Crippen molar-refractivity contribution in [1.29, 1.82) is 0 Å². The number of aryl methyl sites for hydroxylation is 1. The molecule has 2 fully saturated rings. The Hall–Kier alpha value is -2.04. The zero-order valence-electron chi connectivity index (χ0n) is 24.7. The maximum Gasteiger partial charge on any atom is 0.311 e. The van der Waals surface area contributed by atoms with Gasteiger partial charge in [0.2, 0.25) is 5.91 Å². The first-order chi connectivity index (χ1) is 19.9. The summed E-state index contributed by atoms with van der Waals surface area (Å²) >= 11 is 0. The average molecular weight is 575 g/mol. The third-order valence-corrected chi connectivity index (χ3v) is 9.46.